The number of carbonyl (C=O) groups is 1. The molecule has 0 amide bonds. The van der Waals surface area contributed by atoms with E-state index in [0.29, 0.717) is 22.7 Å². The van der Waals surface area contributed by atoms with Crippen LogP contribution in [0.4, 0.5) is 0 Å². The van der Waals surface area contributed by atoms with E-state index in [-0.39, 0.29) is 12.3 Å². The van der Waals surface area contributed by atoms with E-state index in [1.54, 1.807) is 12.1 Å². The van der Waals surface area contributed by atoms with Gasteiger partial charge in [0.1, 0.15) is 25.2 Å². The minimum Gasteiger partial charge on any atom is -0.488 e. The average molecular weight is 372 g/mol. The van der Waals surface area contributed by atoms with E-state index in [0.717, 1.165) is 5.56 Å². The number of rotatable bonds is 6. The molecular formula is C17H14BrN3O2. The Hall–Kier alpha value is -2.47. The molecule has 0 aliphatic rings. The monoisotopic (exact) mass is 371 g/mol. The second-order valence-corrected chi connectivity index (χ2v) is 5.61. The van der Waals surface area contributed by atoms with Gasteiger partial charge in [-0.25, -0.2) is 9.67 Å². The van der Waals surface area contributed by atoms with Gasteiger partial charge in [0.05, 0.1) is 5.56 Å². The predicted molar refractivity (Wildman–Crippen MR) is 89.3 cm³/mol. The fourth-order valence-electron chi connectivity index (χ4n) is 2.14. The largest absolute Gasteiger partial charge is 0.488 e. The average Bonchev–Trinajstić information content (AvgIpc) is 2.99. The van der Waals surface area contributed by atoms with Crippen LogP contribution in [0.3, 0.4) is 0 Å². The van der Waals surface area contributed by atoms with Crippen molar-refractivity contribution in [1.29, 1.82) is 0 Å². The Labute approximate surface area is 142 Å². The number of hydrogen-bond donors (Lipinski definition) is 0. The molecule has 0 aliphatic carbocycles. The summed E-state index contributed by atoms with van der Waals surface area (Å²) in [4.78, 5) is 16.4. The van der Waals surface area contributed by atoms with Crippen molar-refractivity contribution in [3.8, 4) is 5.75 Å². The van der Waals surface area contributed by atoms with E-state index in [4.69, 9.17) is 4.74 Å². The highest BCUT2D eigenvalue weighted by molar-refractivity contribution is 9.10. The molecule has 116 valence electrons. The van der Waals surface area contributed by atoms with Crippen molar-refractivity contribution < 1.29 is 9.53 Å². The summed E-state index contributed by atoms with van der Waals surface area (Å²) in [5.41, 5.74) is 1.59. The molecule has 0 N–H and O–H groups in total. The lowest BCUT2D eigenvalue weighted by molar-refractivity contribution is 0.0963. The van der Waals surface area contributed by atoms with E-state index in [1.165, 1.54) is 11.0 Å². The van der Waals surface area contributed by atoms with Gasteiger partial charge < -0.3 is 4.74 Å². The number of halogens is 1. The first-order chi connectivity index (χ1) is 11.2. The van der Waals surface area contributed by atoms with Crippen molar-refractivity contribution in [3.63, 3.8) is 0 Å². The molecule has 3 rings (SSSR count). The summed E-state index contributed by atoms with van der Waals surface area (Å²) in [6.07, 6.45) is 1.51. The highest BCUT2D eigenvalue weighted by atomic mass is 79.9. The van der Waals surface area contributed by atoms with Crippen LogP contribution < -0.4 is 4.74 Å². The standard InChI is InChI=1S/C17H14BrN3O2/c18-17-19-12-21(20-17)10-15(22)14-8-4-5-9-16(14)23-11-13-6-2-1-3-7-13/h1-9,12H,10-11H2. The number of Topliss-reactive ketones (excluding diaryl/α,β-unsaturated/α-hetero) is 1. The molecule has 2 aromatic carbocycles. The third kappa shape index (κ3) is 4.04. The van der Waals surface area contributed by atoms with Gasteiger partial charge in [0.2, 0.25) is 4.73 Å². The molecule has 0 bridgehead atoms. The number of benzene rings is 2. The van der Waals surface area contributed by atoms with E-state index in [9.17, 15) is 4.79 Å². The molecule has 1 aromatic heterocycles. The quantitative estimate of drug-likeness (QED) is 0.622. The lowest BCUT2D eigenvalue weighted by Crippen LogP contribution is -2.12. The molecule has 0 unspecified atom stereocenters. The number of carbonyl (C=O) groups excluding carboxylic acids is 1. The Morgan fingerprint density at radius 2 is 1.83 bits per heavy atom. The molecule has 0 saturated heterocycles. The van der Waals surface area contributed by atoms with E-state index >= 15 is 0 Å². The molecule has 0 atom stereocenters. The molecule has 0 fully saturated rings. The number of ether oxygens (including phenoxy) is 1. The summed E-state index contributed by atoms with van der Waals surface area (Å²) in [7, 11) is 0. The fraction of sp³-hybridized carbons (Fsp3) is 0.118. The van der Waals surface area contributed by atoms with Crippen molar-refractivity contribution in [2.45, 2.75) is 13.2 Å². The van der Waals surface area contributed by atoms with Crippen LogP contribution in [0.5, 0.6) is 5.75 Å². The van der Waals surface area contributed by atoms with Crippen molar-refractivity contribution in [1.82, 2.24) is 14.8 Å². The first-order valence-electron chi connectivity index (χ1n) is 7.06. The summed E-state index contributed by atoms with van der Waals surface area (Å²) < 4.78 is 7.76. The molecule has 0 saturated carbocycles. The predicted octanol–water partition coefficient (Wildman–Crippen LogP) is 3.50. The van der Waals surface area contributed by atoms with Gasteiger partial charge >= 0.3 is 0 Å². The zero-order chi connectivity index (χ0) is 16.1. The Kier molecular flexibility index (Phi) is 4.83. The summed E-state index contributed by atoms with van der Waals surface area (Å²) in [5, 5.41) is 4.06. The number of hydrogen-bond acceptors (Lipinski definition) is 4. The van der Waals surface area contributed by atoms with Gasteiger partial charge in [-0.3, -0.25) is 4.79 Å². The Balaban J connectivity index is 1.73. The fourth-order valence-corrected chi connectivity index (χ4v) is 2.43. The van der Waals surface area contributed by atoms with Crippen LogP contribution in [0, 0.1) is 0 Å². The van der Waals surface area contributed by atoms with Crippen molar-refractivity contribution >= 4 is 21.7 Å². The van der Waals surface area contributed by atoms with Crippen LogP contribution in [0.2, 0.25) is 0 Å². The van der Waals surface area contributed by atoms with Gasteiger partial charge in [-0.05, 0) is 33.6 Å². The minimum atomic E-state index is -0.0777. The molecule has 0 radical (unpaired) electrons. The zero-order valence-electron chi connectivity index (χ0n) is 12.2. The smallest absolute Gasteiger partial charge is 0.217 e. The van der Waals surface area contributed by atoms with Crippen molar-refractivity contribution in [3.05, 3.63) is 76.8 Å². The summed E-state index contributed by atoms with van der Waals surface area (Å²) in [5.74, 6) is 0.492. The van der Waals surface area contributed by atoms with E-state index in [1.807, 2.05) is 42.5 Å². The lowest BCUT2D eigenvalue weighted by atomic mass is 10.1. The molecule has 0 spiro atoms. The van der Waals surface area contributed by atoms with Crippen LogP contribution in [-0.2, 0) is 13.2 Å². The van der Waals surface area contributed by atoms with Gasteiger partial charge in [-0.15, -0.1) is 5.10 Å². The topological polar surface area (TPSA) is 57.0 Å². The molecule has 0 aliphatic heterocycles. The Morgan fingerprint density at radius 1 is 1.09 bits per heavy atom. The zero-order valence-corrected chi connectivity index (χ0v) is 13.8. The maximum Gasteiger partial charge on any atom is 0.217 e. The first-order valence-corrected chi connectivity index (χ1v) is 7.85. The molecule has 5 nitrogen and oxygen atoms in total. The summed E-state index contributed by atoms with van der Waals surface area (Å²) >= 11 is 3.16. The van der Waals surface area contributed by atoms with Crippen molar-refractivity contribution in [2.75, 3.05) is 0 Å². The first kappa shape index (κ1) is 15.4. The number of para-hydroxylation sites is 1. The molecule has 23 heavy (non-hydrogen) atoms. The van der Waals surface area contributed by atoms with Crippen LogP contribution in [-0.4, -0.2) is 20.5 Å². The van der Waals surface area contributed by atoms with Gasteiger partial charge in [-0.2, -0.15) is 0 Å². The highest BCUT2D eigenvalue weighted by Crippen LogP contribution is 2.20. The third-order valence-electron chi connectivity index (χ3n) is 3.24. The lowest BCUT2D eigenvalue weighted by Gasteiger charge is -2.11. The molecule has 3 aromatic rings. The normalized spacial score (nSPS) is 10.5. The van der Waals surface area contributed by atoms with Crippen LogP contribution in [0.1, 0.15) is 15.9 Å². The second-order valence-electron chi connectivity index (χ2n) is 4.90. The van der Waals surface area contributed by atoms with Crippen LogP contribution in [0.15, 0.2) is 65.7 Å². The minimum absolute atomic E-state index is 0.0777. The number of ketones is 1. The second kappa shape index (κ2) is 7.19. The third-order valence-corrected chi connectivity index (χ3v) is 3.60. The number of nitrogens with zero attached hydrogens (tertiary/aromatic N) is 3. The van der Waals surface area contributed by atoms with Gasteiger partial charge in [-0.1, -0.05) is 42.5 Å². The molecule has 1 heterocycles. The summed E-state index contributed by atoms with van der Waals surface area (Å²) in [6.45, 7) is 0.532. The number of aromatic nitrogens is 3. The molecule has 6 heteroatoms. The van der Waals surface area contributed by atoms with Gasteiger partial charge in [0, 0.05) is 0 Å². The maximum atomic E-state index is 12.5. The Morgan fingerprint density at radius 3 is 2.57 bits per heavy atom. The van der Waals surface area contributed by atoms with Crippen molar-refractivity contribution in [2.24, 2.45) is 0 Å². The maximum absolute atomic E-state index is 12.5. The molecular weight excluding hydrogens is 358 g/mol. The van der Waals surface area contributed by atoms with Crippen LogP contribution in [0.25, 0.3) is 0 Å². The van der Waals surface area contributed by atoms with Crippen LogP contribution >= 0.6 is 15.9 Å². The van der Waals surface area contributed by atoms with Gasteiger partial charge in [0.25, 0.3) is 0 Å². The highest BCUT2D eigenvalue weighted by Gasteiger charge is 2.13. The Bertz CT molecular complexity index is 802. The van der Waals surface area contributed by atoms with E-state index in [2.05, 4.69) is 26.0 Å². The SMILES string of the molecule is O=C(Cn1cnc(Br)n1)c1ccccc1OCc1ccccc1. The van der Waals surface area contributed by atoms with Gasteiger partial charge in [0.15, 0.2) is 5.78 Å². The summed E-state index contributed by atoms with van der Waals surface area (Å²) in [6, 6.07) is 17.1. The van der Waals surface area contributed by atoms with E-state index < -0.39 is 0 Å².